The van der Waals surface area contributed by atoms with Gasteiger partial charge in [0.1, 0.15) is 17.1 Å². The zero-order chi connectivity index (χ0) is 28.1. The fourth-order valence-electron chi connectivity index (χ4n) is 9.07. The average molecular weight is 545 g/mol. The van der Waals surface area contributed by atoms with E-state index in [-0.39, 0.29) is 5.54 Å². The Labute approximate surface area is 245 Å². The highest BCUT2D eigenvalue weighted by Gasteiger charge is 2.86. The quantitative estimate of drug-likeness (QED) is 0.191. The molecule has 0 amide bonds. The van der Waals surface area contributed by atoms with Crippen molar-refractivity contribution in [3.8, 4) is 22.5 Å². The van der Waals surface area contributed by atoms with Gasteiger partial charge in [-0.2, -0.15) is 9.13 Å². The lowest BCUT2D eigenvalue weighted by Crippen LogP contribution is -2.51. The van der Waals surface area contributed by atoms with E-state index in [4.69, 9.17) is 4.42 Å². The van der Waals surface area contributed by atoms with Crippen molar-refractivity contribution in [2.45, 2.75) is 57.5 Å². The molecule has 1 fully saturated rings. The van der Waals surface area contributed by atoms with E-state index in [0.29, 0.717) is 17.9 Å². The number of aryl methyl sites for hydroxylation is 1. The molecule has 202 valence electrons. The van der Waals surface area contributed by atoms with Gasteiger partial charge in [0, 0.05) is 45.7 Å². The standard InChI is InChI=1S/C39H32N2O/c1-21(2)29-19-33-34-31(15-14-28-27-13-12-24-17-22(3)18-30(24)36(27)42-37(28)34)39(41(33)20-23(29)4)35-26-10-6-5-9-25(26)32-11-7-8-16-40(32)38(35)39/h5-16,18-21,35,38H,17H2,1-4H3/q+2. The van der Waals surface area contributed by atoms with Gasteiger partial charge in [-0.25, -0.2) is 0 Å². The van der Waals surface area contributed by atoms with Gasteiger partial charge >= 0.3 is 0 Å². The van der Waals surface area contributed by atoms with Crippen molar-refractivity contribution >= 4 is 28.0 Å². The van der Waals surface area contributed by atoms with E-state index in [1.807, 2.05) is 0 Å². The number of nitrogens with zero attached hydrogens (tertiary/aromatic N) is 2. The summed E-state index contributed by atoms with van der Waals surface area (Å²) in [7, 11) is 0. The van der Waals surface area contributed by atoms with Crippen molar-refractivity contribution in [2.24, 2.45) is 0 Å². The van der Waals surface area contributed by atoms with Gasteiger partial charge in [-0.1, -0.05) is 61.9 Å². The number of hydrogen-bond donors (Lipinski definition) is 0. The molecule has 3 aromatic heterocycles. The highest BCUT2D eigenvalue weighted by Crippen LogP contribution is 2.71. The second-order valence-electron chi connectivity index (χ2n) is 13.3. The third-order valence-corrected chi connectivity index (χ3v) is 10.7. The number of pyridine rings is 2. The van der Waals surface area contributed by atoms with Crippen LogP contribution >= 0.6 is 0 Å². The normalized spacial score (nSPS) is 22.2. The SMILES string of the molecule is CC1=Cc2c(ccc3c2oc2c4c(ccc23)C2(C3c5ccccc5-c5cccc[n+]5C32)[n+]2cc(C)c(C(C)C)cc2-4)C1. The molecule has 3 atom stereocenters. The summed E-state index contributed by atoms with van der Waals surface area (Å²) >= 11 is 0. The first-order valence-corrected chi connectivity index (χ1v) is 15.3. The molecule has 2 aliphatic heterocycles. The van der Waals surface area contributed by atoms with Crippen molar-refractivity contribution < 1.29 is 13.6 Å². The molecule has 3 nitrogen and oxygen atoms in total. The molecule has 10 rings (SSSR count). The zero-order valence-corrected chi connectivity index (χ0v) is 24.4. The second-order valence-corrected chi connectivity index (χ2v) is 13.3. The summed E-state index contributed by atoms with van der Waals surface area (Å²) in [6.07, 6.45) is 8.08. The Morgan fingerprint density at radius 1 is 0.881 bits per heavy atom. The Kier molecular flexibility index (Phi) is 4.11. The number of rotatable bonds is 1. The molecule has 0 saturated heterocycles. The maximum Gasteiger partial charge on any atom is 0.269 e. The number of furan rings is 1. The van der Waals surface area contributed by atoms with Gasteiger partial charge in [-0.15, -0.1) is 0 Å². The van der Waals surface area contributed by atoms with Gasteiger partial charge in [-0.3, -0.25) is 0 Å². The topological polar surface area (TPSA) is 20.9 Å². The van der Waals surface area contributed by atoms with E-state index in [1.165, 1.54) is 72.2 Å². The van der Waals surface area contributed by atoms with Crippen molar-refractivity contribution in [2.75, 3.05) is 0 Å². The molecular weight excluding hydrogens is 512 g/mol. The van der Waals surface area contributed by atoms with Gasteiger partial charge in [0.05, 0.1) is 11.1 Å². The second kappa shape index (κ2) is 7.46. The smallest absolute Gasteiger partial charge is 0.269 e. The largest absolute Gasteiger partial charge is 0.455 e. The molecule has 0 N–H and O–H groups in total. The molecule has 0 radical (unpaired) electrons. The lowest BCUT2D eigenvalue weighted by Gasteiger charge is -2.11. The van der Waals surface area contributed by atoms with Gasteiger partial charge < -0.3 is 4.42 Å². The highest BCUT2D eigenvalue weighted by atomic mass is 16.3. The predicted octanol–water partition coefficient (Wildman–Crippen LogP) is 8.30. The zero-order valence-electron chi connectivity index (χ0n) is 24.4. The van der Waals surface area contributed by atoms with Crippen LogP contribution in [0.5, 0.6) is 0 Å². The lowest BCUT2D eigenvalue weighted by atomic mass is 9.92. The van der Waals surface area contributed by atoms with Crippen LogP contribution in [0.1, 0.15) is 72.0 Å². The minimum atomic E-state index is -0.204. The lowest BCUT2D eigenvalue weighted by molar-refractivity contribution is -0.772. The minimum absolute atomic E-state index is 0.204. The molecule has 3 heteroatoms. The van der Waals surface area contributed by atoms with Crippen LogP contribution in [0, 0.1) is 6.92 Å². The number of allylic oxidation sites excluding steroid dienone is 1. The van der Waals surface area contributed by atoms with Gasteiger partial charge in [0.25, 0.3) is 5.54 Å². The van der Waals surface area contributed by atoms with E-state index in [2.05, 4.69) is 128 Å². The Morgan fingerprint density at radius 2 is 1.69 bits per heavy atom. The molecule has 1 saturated carbocycles. The van der Waals surface area contributed by atoms with Gasteiger partial charge in [0.2, 0.25) is 17.4 Å². The maximum atomic E-state index is 7.02. The summed E-state index contributed by atoms with van der Waals surface area (Å²) in [5.41, 5.74) is 16.7. The Bertz CT molecular complexity index is 2200. The number of aromatic nitrogens is 2. The highest BCUT2D eigenvalue weighted by molar-refractivity contribution is 6.12. The van der Waals surface area contributed by atoms with Crippen LogP contribution in [0.2, 0.25) is 0 Å². The van der Waals surface area contributed by atoms with Gasteiger partial charge in [0.15, 0.2) is 12.4 Å². The third kappa shape index (κ3) is 2.52. The van der Waals surface area contributed by atoms with E-state index in [1.54, 1.807) is 0 Å². The van der Waals surface area contributed by atoms with Crippen LogP contribution in [0.15, 0.2) is 95.2 Å². The molecule has 3 unspecified atom stereocenters. The van der Waals surface area contributed by atoms with Crippen LogP contribution < -0.4 is 9.13 Å². The van der Waals surface area contributed by atoms with Crippen molar-refractivity contribution in [3.05, 3.63) is 124 Å². The average Bonchev–Trinajstić information content (AvgIpc) is 3.18. The van der Waals surface area contributed by atoms with Crippen molar-refractivity contribution in [3.63, 3.8) is 0 Å². The van der Waals surface area contributed by atoms with Crippen LogP contribution in [0.25, 0.3) is 50.5 Å². The van der Waals surface area contributed by atoms with Crippen LogP contribution in [-0.2, 0) is 12.0 Å². The summed E-state index contributed by atoms with van der Waals surface area (Å²) in [6, 6.07) is 27.8. The molecule has 2 aliphatic carbocycles. The summed E-state index contributed by atoms with van der Waals surface area (Å²) in [6.45, 7) is 9.13. The molecule has 3 aromatic carbocycles. The summed E-state index contributed by atoms with van der Waals surface area (Å²) < 4.78 is 12.2. The molecule has 5 heterocycles. The fourth-order valence-corrected chi connectivity index (χ4v) is 9.07. The summed E-state index contributed by atoms with van der Waals surface area (Å²) in [4.78, 5) is 0. The number of fused-ring (bicyclic) bond motifs is 19. The molecule has 42 heavy (non-hydrogen) atoms. The van der Waals surface area contributed by atoms with E-state index >= 15 is 0 Å². The minimum Gasteiger partial charge on any atom is -0.455 e. The van der Waals surface area contributed by atoms with Crippen LogP contribution in [0.3, 0.4) is 0 Å². The Hall–Kier alpha value is -4.50. The Balaban J connectivity index is 1.34. The van der Waals surface area contributed by atoms with Crippen LogP contribution in [0.4, 0.5) is 0 Å². The first kappa shape index (κ1) is 23.1. The number of benzene rings is 3. The molecule has 4 aliphatic rings. The molecule has 6 aromatic rings. The first-order chi connectivity index (χ1) is 20.5. The van der Waals surface area contributed by atoms with Crippen molar-refractivity contribution in [1.82, 2.24) is 0 Å². The number of hydrogen-bond acceptors (Lipinski definition) is 1. The predicted molar refractivity (Wildman–Crippen MR) is 166 cm³/mol. The van der Waals surface area contributed by atoms with E-state index in [0.717, 1.165) is 17.6 Å². The monoisotopic (exact) mass is 544 g/mol. The maximum absolute atomic E-state index is 7.02. The third-order valence-electron chi connectivity index (χ3n) is 10.7. The molecular formula is C39H32N2O+2. The molecule has 1 spiro atoms. The van der Waals surface area contributed by atoms with E-state index < -0.39 is 0 Å². The molecule has 0 bridgehead atoms. The summed E-state index contributed by atoms with van der Waals surface area (Å²) in [5, 5.41) is 2.44. The first-order valence-electron chi connectivity index (χ1n) is 15.3. The van der Waals surface area contributed by atoms with Gasteiger partial charge in [-0.05, 0) is 61.1 Å². The fraction of sp³-hybridized carbons (Fsp3) is 0.231. The summed E-state index contributed by atoms with van der Waals surface area (Å²) in [5.74, 6) is 0.791. The van der Waals surface area contributed by atoms with Crippen LogP contribution in [-0.4, -0.2) is 0 Å². The van der Waals surface area contributed by atoms with Crippen molar-refractivity contribution in [1.29, 1.82) is 0 Å². The Morgan fingerprint density at radius 3 is 2.57 bits per heavy atom. The van der Waals surface area contributed by atoms with E-state index in [9.17, 15) is 0 Å².